The number of carbonyl (C=O) groups excluding carboxylic acids is 2. The summed E-state index contributed by atoms with van der Waals surface area (Å²) in [4.78, 5) is 27.6. The van der Waals surface area contributed by atoms with Crippen LogP contribution in [-0.2, 0) is 22.6 Å². The molecule has 0 atom stereocenters. The van der Waals surface area contributed by atoms with Crippen molar-refractivity contribution in [3.63, 3.8) is 0 Å². The Balaban J connectivity index is 1.35. The molecule has 144 valence electrons. The molecule has 0 saturated heterocycles. The van der Waals surface area contributed by atoms with Gasteiger partial charge in [0.2, 0.25) is 11.8 Å². The lowest BCUT2D eigenvalue weighted by molar-refractivity contribution is -0.117. The molecule has 0 bridgehead atoms. The molecule has 8 heteroatoms. The Morgan fingerprint density at radius 2 is 2.04 bits per heavy atom. The molecular formula is C20H21N5O3. The predicted octanol–water partition coefficient (Wildman–Crippen LogP) is 2.27. The van der Waals surface area contributed by atoms with Gasteiger partial charge in [-0.1, -0.05) is 0 Å². The SMILES string of the molecule is O=C(/C=C/c1ccco1)NCCC(=O)Nc1ccn(CCc2ccncc2)n1. The Hall–Kier alpha value is -3.68. The Morgan fingerprint density at radius 1 is 1.18 bits per heavy atom. The quantitative estimate of drug-likeness (QED) is 0.555. The maximum Gasteiger partial charge on any atom is 0.244 e. The largest absolute Gasteiger partial charge is 0.465 e. The van der Waals surface area contributed by atoms with Gasteiger partial charge in [0.15, 0.2) is 5.82 Å². The molecule has 0 radical (unpaired) electrons. The van der Waals surface area contributed by atoms with Crippen LogP contribution in [0.5, 0.6) is 0 Å². The molecule has 0 saturated carbocycles. The molecule has 0 aliphatic carbocycles. The van der Waals surface area contributed by atoms with Crippen LogP contribution in [0, 0.1) is 0 Å². The highest BCUT2D eigenvalue weighted by molar-refractivity contribution is 5.93. The fraction of sp³-hybridized carbons (Fsp3) is 0.200. The van der Waals surface area contributed by atoms with Gasteiger partial charge in [-0.25, -0.2) is 0 Å². The fourth-order valence-electron chi connectivity index (χ4n) is 2.45. The Kier molecular flexibility index (Phi) is 6.73. The first-order valence-electron chi connectivity index (χ1n) is 8.91. The maximum absolute atomic E-state index is 12.0. The smallest absolute Gasteiger partial charge is 0.244 e. The molecule has 2 N–H and O–H groups in total. The Labute approximate surface area is 162 Å². The van der Waals surface area contributed by atoms with E-state index in [2.05, 4.69) is 20.7 Å². The minimum Gasteiger partial charge on any atom is -0.465 e. The third kappa shape index (κ3) is 6.24. The van der Waals surface area contributed by atoms with Crippen molar-refractivity contribution in [2.75, 3.05) is 11.9 Å². The van der Waals surface area contributed by atoms with E-state index in [1.54, 1.807) is 41.4 Å². The molecule has 3 aromatic heterocycles. The summed E-state index contributed by atoms with van der Waals surface area (Å²) in [6.07, 6.45) is 10.8. The van der Waals surface area contributed by atoms with Gasteiger partial charge in [-0.3, -0.25) is 19.3 Å². The van der Waals surface area contributed by atoms with Gasteiger partial charge in [0.05, 0.1) is 6.26 Å². The average molecular weight is 379 g/mol. The van der Waals surface area contributed by atoms with Crippen molar-refractivity contribution in [3.8, 4) is 0 Å². The third-order valence-electron chi connectivity index (χ3n) is 3.88. The van der Waals surface area contributed by atoms with Crippen LogP contribution in [0.15, 0.2) is 65.7 Å². The normalized spacial score (nSPS) is 10.9. The van der Waals surface area contributed by atoms with Crippen molar-refractivity contribution < 1.29 is 14.0 Å². The number of aryl methyl sites for hydroxylation is 2. The van der Waals surface area contributed by atoms with Crippen LogP contribution < -0.4 is 10.6 Å². The van der Waals surface area contributed by atoms with E-state index in [4.69, 9.17) is 4.42 Å². The molecule has 0 aliphatic rings. The number of pyridine rings is 1. The summed E-state index contributed by atoms with van der Waals surface area (Å²) >= 11 is 0. The summed E-state index contributed by atoms with van der Waals surface area (Å²) in [5.74, 6) is 0.579. The summed E-state index contributed by atoms with van der Waals surface area (Å²) < 4.78 is 6.87. The molecule has 2 amide bonds. The van der Waals surface area contributed by atoms with E-state index >= 15 is 0 Å². The second kappa shape index (κ2) is 9.86. The van der Waals surface area contributed by atoms with Crippen molar-refractivity contribution in [3.05, 3.63) is 72.6 Å². The lowest BCUT2D eigenvalue weighted by atomic mass is 10.2. The number of hydrogen-bond acceptors (Lipinski definition) is 5. The van der Waals surface area contributed by atoms with E-state index in [0.29, 0.717) is 18.1 Å². The summed E-state index contributed by atoms with van der Waals surface area (Å²) in [6.45, 7) is 0.938. The molecule has 0 aromatic carbocycles. The van der Waals surface area contributed by atoms with Gasteiger partial charge in [-0.05, 0) is 42.3 Å². The monoisotopic (exact) mass is 379 g/mol. The topological polar surface area (TPSA) is 102 Å². The Bertz CT molecular complexity index is 916. The minimum atomic E-state index is -0.287. The molecule has 0 fully saturated rings. The fourth-order valence-corrected chi connectivity index (χ4v) is 2.45. The highest BCUT2D eigenvalue weighted by atomic mass is 16.3. The zero-order valence-corrected chi connectivity index (χ0v) is 15.2. The number of rotatable bonds is 9. The number of aromatic nitrogens is 3. The van der Waals surface area contributed by atoms with E-state index in [9.17, 15) is 9.59 Å². The molecule has 8 nitrogen and oxygen atoms in total. The zero-order chi connectivity index (χ0) is 19.6. The van der Waals surface area contributed by atoms with E-state index in [1.165, 1.54) is 17.9 Å². The van der Waals surface area contributed by atoms with Crippen LogP contribution in [0.3, 0.4) is 0 Å². The first-order chi connectivity index (χ1) is 13.7. The van der Waals surface area contributed by atoms with Crippen LogP contribution in [-0.4, -0.2) is 33.1 Å². The standard InChI is InChI=1S/C20H21N5O3/c26-19(4-3-17-2-1-15-28-17)22-12-7-20(27)23-18-9-14-25(24-18)13-8-16-5-10-21-11-6-16/h1-6,9-11,14-15H,7-8,12-13H2,(H,22,26)(H,23,24,27)/b4-3+. The van der Waals surface area contributed by atoms with Gasteiger partial charge >= 0.3 is 0 Å². The van der Waals surface area contributed by atoms with Gasteiger partial charge in [-0.2, -0.15) is 5.10 Å². The van der Waals surface area contributed by atoms with Crippen molar-refractivity contribution >= 4 is 23.7 Å². The average Bonchev–Trinajstić information content (AvgIpc) is 3.37. The van der Waals surface area contributed by atoms with Crippen LogP contribution in [0.4, 0.5) is 5.82 Å². The number of hydrogen-bond donors (Lipinski definition) is 2. The van der Waals surface area contributed by atoms with Crippen LogP contribution in [0.1, 0.15) is 17.7 Å². The highest BCUT2D eigenvalue weighted by Gasteiger charge is 2.06. The molecule has 0 aliphatic heterocycles. The van der Waals surface area contributed by atoms with Crippen molar-refractivity contribution in [2.24, 2.45) is 0 Å². The van der Waals surface area contributed by atoms with E-state index in [-0.39, 0.29) is 24.8 Å². The second-order valence-corrected chi connectivity index (χ2v) is 6.01. The van der Waals surface area contributed by atoms with Gasteiger partial charge in [-0.15, -0.1) is 0 Å². The summed E-state index contributed by atoms with van der Waals surface area (Å²) in [5, 5.41) is 9.70. The number of nitrogens with one attached hydrogen (secondary N) is 2. The van der Waals surface area contributed by atoms with E-state index in [1.807, 2.05) is 18.3 Å². The van der Waals surface area contributed by atoms with Crippen LogP contribution >= 0.6 is 0 Å². The van der Waals surface area contributed by atoms with Crippen LogP contribution in [0.25, 0.3) is 6.08 Å². The van der Waals surface area contributed by atoms with Crippen molar-refractivity contribution in [1.29, 1.82) is 0 Å². The molecule has 28 heavy (non-hydrogen) atoms. The lowest BCUT2D eigenvalue weighted by Gasteiger charge is -2.04. The first kappa shape index (κ1) is 19.1. The lowest BCUT2D eigenvalue weighted by Crippen LogP contribution is -2.26. The number of amides is 2. The number of furan rings is 1. The predicted molar refractivity (Wildman–Crippen MR) is 104 cm³/mol. The molecule has 3 rings (SSSR count). The van der Waals surface area contributed by atoms with E-state index in [0.717, 1.165) is 6.42 Å². The van der Waals surface area contributed by atoms with Crippen molar-refractivity contribution in [2.45, 2.75) is 19.4 Å². The molecular weight excluding hydrogens is 358 g/mol. The third-order valence-corrected chi connectivity index (χ3v) is 3.88. The minimum absolute atomic E-state index is 0.157. The summed E-state index contributed by atoms with van der Waals surface area (Å²) in [6, 6.07) is 9.15. The van der Waals surface area contributed by atoms with Crippen LogP contribution in [0.2, 0.25) is 0 Å². The van der Waals surface area contributed by atoms with E-state index < -0.39 is 0 Å². The zero-order valence-electron chi connectivity index (χ0n) is 15.2. The van der Waals surface area contributed by atoms with Crippen molar-refractivity contribution in [1.82, 2.24) is 20.1 Å². The first-order valence-corrected chi connectivity index (χ1v) is 8.91. The summed E-state index contributed by atoms with van der Waals surface area (Å²) in [5.41, 5.74) is 1.17. The second-order valence-electron chi connectivity index (χ2n) is 6.01. The van der Waals surface area contributed by atoms with Gasteiger partial charge in [0.25, 0.3) is 0 Å². The molecule has 3 heterocycles. The highest BCUT2D eigenvalue weighted by Crippen LogP contribution is 2.05. The maximum atomic E-state index is 12.0. The molecule has 0 unspecified atom stereocenters. The van der Waals surface area contributed by atoms with Gasteiger partial charge in [0.1, 0.15) is 5.76 Å². The molecule has 0 spiro atoms. The Morgan fingerprint density at radius 3 is 2.82 bits per heavy atom. The van der Waals surface area contributed by atoms with Gasteiger partial charge < -0.3 is 15.1 Å². The number of carbonyl (C=O) groups is 2. The number of nitrogens with zero attached hydrogens (tertiary/aromatic N) is 3. The number of anilines is 1. The van der Waals surface area contributed by atoms with Gasteiger partial charge in [0, 0.05) is 50.2 Å². The summed E-state index contributed by atoms with van der Waals surface area (Å²) in [7, 11) is 0. The molecule has 3 aromatic rings.